The van der Waals surface area contributed by atoms with Gasteiger partial charge in [0.2, 0.25) is 0 Å². The Morgan fingerprint density at radius 2 is 0.567 bits per heavy atom. The number of aromatic nitrogens is 8. The molecule has 8 fully saturated rings. The summed E-state index contributed by atoms with van der Waals surface area (Å²) >= 11 is 0. The highest BCUT2D eigenvalue weighted by atomic mass is 16.6. The molecular formula is C81H100N8O. The summed E-state index contributed by atoms with van der Waals surface area (Å²) in [5.74, 6) is 7.24. The van der Waals surface area contributed by atoms with Crippen LogP contribution in [0.3, 0.4) is 0 Å². The minimum Gasteiger partial charge on any atom is -0.414 e. The molecule has 7 aromatic rings. The molecule has 0 unspecified atom stereocenters. The number of fused-ring (bicyclic) bond motifs is 20. The van der Waals surface area contributed by atoms with Gasteiger partial charge in [0.05, 0.1) is 0 Å². The summed E-state index contributed by atoms with van der Waals surface area (Å²) in [7, 11) is 1.79. The van der Waals surface area contributed by atoms with Crippen LogP contribution in [0.5, 0.6) is 0 Å². The summed E-state index contributed by atoms with van der Waals surface area (Å²) in [6.07, 6.45) is 52.1. The third-order valence-electron chi connectivity index (χ3n) is 25.3. The zero-order chi connectivity index (χ0) is 59.7. The second-order valence-corrected chi connectivity index (χ2v) is 30.5. The molecule has 0 radical (unpaired) electrons. The van der Waals surface area contributed by atoms with E-state index in [0.29, 0.717) is 58.8 Å². The van der Waals surface area contributed by atoms with Crippen molar-refractivity contribution in [3.05, 3.63) is 93.0 Å². The van der Waals surface area contributed by atoms with E-state index >= 15 is 0 Å². The minimum absolute atomic E-state index is 0.451. The van der Waals surface area contributed by atoms with Gasteiger partial charge >= 0.3 is 0 Å². The van der Waals surface area contributed by atoms with Gasteiger partial charge in [0.1, 0.15) is 18.4 Å². The second kappa shape index (κ2) is 25.2. The van der Waals surface area contributed by atoms with Crippen LogP contribution in [-0.2, 0) is 0 Å². The predicted octanol–water partition coefficient (Wildman–Crippen LogP) is 22.8. The van der Waals surface area contributed by atoms with Crippen molar-refractivity contribution in [3.8, 4) is 45.6 Å². The fourth-order valence-electron chi connectivity index (χ4n) is 21.2. The second-order valence-electron chi connectivity index (χ2n) is 30.5. The maximum atomic E-state index is 6.67. The summed E-state index contributed by atoms with van der Waals surface area (Å²) in [6, 6.07) is 17.5. The summed E-state index contributed by atoms with van der Waals surface area (Å²) in [5, 5.41) is 4.79. The Morgan fingerprint density at radius 1 is 0.300 bits per heavy atom. The van der Waals surface area contributed by atoms with Crippen LogP contribution in [-0.4, -0.2) is 46.7 Å². The van der Waals surface area contributed by atoms with Gasteiger partial charge in [0, 0.05) is 43.8 Å². The molecule has 3 aromatic heterocycles. The molecule has 9 nitrogen and oxygen atoms in total. The number of nitrogens with one attached hydrogen (secondary N) is 1. The van der Waals surface area contributed by atoms with E-state index in [1.165, 1.54) is 279 Å². The quantitative estimate of drug-likeness (QED) is 0.153. The van der Waals surface area contributed by atoms with Crippen LogP contribution in [0, 0.1) is 0 Å². The highest BCUT2D eigenvalue weighted by Crippen LogP contribution is 2.60. The van der Waals surface area contributed by atoms with Gasteiger partial charge in [-0.2, -0.15) is 0 Å². The first-order chi connectivity index (χ1) is 44.7. The average Bonchev–Trinajstić information content (AvgIpc) is 1.48. The van der Waals surface area contributed by atoms with Crippen LogP contribution in [0.4, 0.5) is 0 Å². The van der Waals surface area contributed by atoms with E-state index in [-0.39, 0.29) is 0 Å². The summed E-state index contributed by atoms with van der Waals surface area (Å²) < 4.78 is 1.91. The Balaban J connectivity index is 1.11. The van der Waals surface area contributed by atoms with Crippen molar-refractivity contribution in [2.45, 2.75) is 304 Å². The van der Waals surface area contributed by atoms with E-state index in [2.05, 4.69) is 53.5 Å². The third-order valence-corrected chi connectivity index (χ3v) is 25.3. The van der Waals surface area contributed by atoms with Gasteiger partial charge in [0.25, 0.3) is 0 Å². The van der Waals surface area contributed by atoms with Crippen LogP contribution in [0.15, 0.2) is 48.5 Å². The van der Waals surface area contributed by atoms with Gasteiger partial charge in [-0.3, -0.25) is 0 Å². The van der Waals surface area contributed by atoms with Gasteiger partial charge in [0.15, 0.2) is 34.6 Å². The van der Waals surface area contributed by atoms with E-state index in [9.17, 15) is 0 Å². The van der Waals surface area contributed by atoms with Crippen LogP contribution in [0.25, 0.3) is 89.7 Å². The fourth-order valence-corrected chi connectivity index (χ4v) is 21.2. The van der Waals surface area contributed by atoms with Crippen molar-refractivity contribution in [2.24, 2.45) is 0 Å². The van der Waals surface area contributed by atoms with Crippen molar-refractivity contribution in [1.29, 1.82) is 0 Å². The van der Waals surface area contributed by atoms with Crippen LogP contribution in [0.2, 0.25) is 0 Å². The molecule has 0 atom stereocenters. The van der Waals surface area contributed by atoms with Crippen molar-refractivity contribution in [3.63, 3.8) is 0 Å². The normalized spacial score (nSPS) is 21.9. The molecule has 0 spiro atoms. The third kappa shape index (κ3) is 10.2. The Bertz CT molecular complexity index is 3990. The van der Waals surface area contributed by atoms with Gasteiger partial charge < -0.3 is 9.82 Å². The summed E-state index contributed by atoms with van der Waals surface area (Å²) in [4.78, 5) is 47.5. The largest absolute Gasteiger partial charge is 0.414 e. The molecule has 0 amide bonds. The highest BCUT2D eigenvalue weighted by Gasteiger charge is 2.43. The molecule has 1 N–H and O–H groups in total. The maximum Gasteiger partial charge on any atom is 0.180 e. The van der Waals surface area contributed by atoms with Crippen LogP contribution in [0.1, 0.15) is 349 Å². The van der Waals surface area contributed by atoms with E-state index in [1.54, 1.807) is 46.1 Å². The number of nitrogens with zero attached hydrogens (tertiary/aromatic N) is 7. The predicted molar refractivity (Wildman–Crippen MR) is 369 cm³/mol. The van der Waals surface area contributed by atoms with Gasteiger partial charge in [-0.15, -0.1) is 4.73 Å². The van der Waals surface area contributed by atoms with Crippen LogP contribution >= 0.6 is 0 Å². The summed E-state index contributed by atoms with van der Waals surface area (Å²) in [6.45, 7) is 0. The fraction of sp³-hybridized carbons (Fsp3) is 0.605. The first-order valence-corrected chi connectivity index (χ1v) is 37.7. The Labute approximate surface area is 535 Å². The summed E-state index contributed by atoms with van der Waals surface area (Å²) in [5.41, 5.74) is 22.0. The van der Waals surface area contributed by atoms with Crippen molar-refractivity contribution in [1.82, 2.24) is 39.6 Å². The standard InChI is InChI=1S/C81H100N8O/c1-90-89-80-60-48-28-29-49-61(60)81(89)88-79-73-69(57-44-24-9-25-45-57)65(53-36-16-5-17-37-53)64(52-34-14-4-15-35-52)68(56-42-22-8-23-43-56)72(73)78(86-79)85-77-71-67(55-40-20-7-21-41-55)63(51-32-12-3-13-33-51)62(50-30-10-2-11-31-50)66(54-38-18-6-19-39-54)70(71)76(84-77)83-74-58-46-26-27-47-59(58)75(82-74)87-80/h26-29,46-57H,2-25,30-45H2,1H3,(H,82,83,84,85,86,87,88). The molecule has 2 aliphatic heterocycles. The lowest BCUT2D eigenvalue weighted by Gasteiger charge is -2.39. The number of aromatic amines is 1. The lowest BCUT2D eigenvalue weighted by atomic mass is 9.64. The van der Waals surface area contributed by atoms with Crippen molar-refractivity contribution in [2.75, 3.05) is 7.11 Å². The Hall–Kier alpha value is -5.96. The first kappa shape index (κ1) is 57.9. The maximum absolute atomic E-state index is 6.67. The van der Waals surface area contributed by atoms with E-state index in [4.69, 9.17) is 34.7 Å². The molecular weight excluding hydrogens is 1100 g/mol. The molecule has 5 heterocycles. The van der Waals surface area contributed by atoms with Crippen LogP contribution < -0.4 is 4.84 Å². The molecule has 10 aliphatic rings. The zero-order valence-electron chi connectivity index (χ0n) is 54.6. The average molecular weight is 1200 g/mol. The highest BCUT2D eigenvalue weighted by molar-refractivity contribution is 6.11. The van der Waals surface area contributed by atoms with E-state index in [0.717, 1.165) is 56.3 Å². The number of hydrogen-bond donors (Lipinski definition) is 1. The number of hydrogen-bond acceptors (Lipinski definition) is 7. The Kier molecular flexibility index (Phi) is 16.2. The zero-order valence-corrected chi connectivity index (χ0v) is 54.6. The monoisotopic (exact) mass is 1200 g/mol. The first-order valence-electron chi connectivity index (χ1n) is 37.7. The molecule has 0 saturated heterocycles. The molecule has 8 bridgehead atoms. The van der Waals surface area contributed by atoms with Crippen molar-refractivity contribution >= 4 is 44.1 Å². The molecule has 4 aromatic carbocycles. The lowest BCUT2D eigenvalue weighted by molar-refractivity contribution is 0.187. The SMILES string of the molecule is COn1c2nc3nc(nc4[nH]c(nc5nc(nc1c1ccccc12)-c1c-5c(C2CCCCC2)c(C2CCCCC2)c(C2CCCCC2)c1C1CCCCC1)c1c(C2CCCCC2)c(C2CCCCC2)c(C2CCCCC2)c(C2CCCCC2)c41)-c1ccccc1-3. The smallest absolute Gasteiger partial charge is 0.180 e. The van der Waals surface area contributed by atoms with E-state index < -0.39 is 0 Å². The van der Waals surface area contributed by atoms with E-state index in [1.807, 2.05) is 10.3 Å². The van der Waals surface area contributed by atoms with Gasteiger partial charge in [-0.05, 0) is 195 Å². The molecule has 8 saturated carbocycles. The number of rotatable bonds is 9. The topological polar surface area (TPSA) is 107 Å². The van der Waals surface area contributed by atoms with Crippen molar-refractivity contribution < 1.29 is 4.84 Å². The number of H-pyrrole nitrogens is 1. The molecule has 90 heavy (non-hydrogen) atoms. The molecule has 9 heteroatoms. The molecule has 470 valence electrons. The molecule has 17 rings (SSSR count). The lowest BCUT2D eigenvalue weighted by Crippen LogP contribution is -2.22. The Morgan fingerprint density at radius 3 is 0.922 bits per heavy atom. The number of benzene rings is 4. The minimum atomic E-state index is 0.451. The molecule has 8 aliphatic carbocycles. The van der Waals surface area contributed by atoms with Gasteiger partial charge in [-0.25, -0.2) is 29.9 Å². The van der Waals surface area contributed by atoms with Gasteiger partial charge in [-0.1, -0.05) is 203 Å².